The van der Waals surface area contributed by atoms with Gasteiger partial charge in [0.05, 0.1) is 5.56 Å². The van der Waals surface area contributed by atoms with Crippen molar-refractivity contribution in [3.05, 3.63) is 95.0 Å². The van der Waals surface area contributed by atoms with Gasteiger partial charge in [-0.2, -0.15) is 0 Å². The first-order valence-electron chi connectivity index (χ1n) is 9.11. The maximum absolute atomic E-state index is 12.2. The highest BCUT2D eigenvalue weighted by molar-refractivity contribution is 6.30. The van der Waals surface area contributed by atoms with E-state index in [0.29, 0.717) is 35.1 Å². The summed E-state index contributed by atoms with van der Waals surface area (Å²) >= 11 is 5.84. The fourth-order valence-corrected chi connectivity index (χ4v) is 2.70. The van der Waals surface area contributed by atoms with Crippen molar-refractivity contribution in [2.45, 2.75) is 6.42 Å². The second-order valence-electron chi connectivity index (χ2n) is 6.25. The molecule has 5 nitrogen and oxygen atoms in total. The highest BCUT2D eigenvalue weighted by Gasteiger charge is 2.11. The van der Waals surface area contributed by atoms with Gasteiger partial charge in [-0.15, -0.1) is 0 Å². The SMILES string of the molecule is O=C(COC(=O)c1cccc(Oc2ccccc2)c1)NCCc1ccc(Cl)cc1. The van der Waals surface area contributed by atoms with E-state index in [4.69, 9.17) is 21.1 Å². The van der Waals surface area contributed by atoms with Gasteiger partial charge in [0.2, 0.25) is 0 Å². The molecule has 0 saturated carbocycles. The van der Waals surface area contributed by atoms with Gasteiger partial charge >= 0.3 is 5.97 Å². The van der Waals surface area contributed by atoms with Crippen LogP contribution < -0.4 is 10.1 Å². The molecule has 3 aromatic rings. The summed E-state index contributed by atoms with van der Waals surface area (Å²) in [6.07, 6.45) is 0.662. The van der Waals surface area contributed by atoms with Crippen LogP contribution in [0.3, 0.4) is 0 Å². The van der Waals surface area contributed by atoms with Crippen molar-refractivity contribution in [3.8, 4) is 11.5 Å². The molecular formula is C23H20ClNO4. The number of carbonyl (C=O) groups is 2. The predicted octanol–water partition coefficient (Wildman–Crippen LogP) is 4.65. The van der Waals surface area contributed by atoms with Crippen LogP contribution in [0, 0.1) is 0 Å². The number of rotatable bonds is 8. The fraction of sp³-hybridized carbons (Fsp3) is 0.130. The van der Waals surface area contributed by atoms with Gasteiger partial charge in [0.25, 0.3) is 5.91 Å². The molecule has 6 heteroatoms. The van der Waals surface area contributed by atoms with E-state index in [1.54, 1.807) is 36.4 Å². The van der Waals surface area contributed by atoms with Gasteiger partial charge in [0.15, 0.2) is 6.61 Å². The summed E-state index contributed by atoms with van der Waals surface area (Å²) in [6.45, 7) is 0.0988. The molecule has 1 N–H and O–H groups in total. The Balaban J connectivity index is 1.44. The van der Waals surface area contributed by atoms with E-state index in [1.165, 1.54) is 0 Å². The summed E-state index contributed by atoms with van der Waals surface area (Å²) in [5, 5.41) is 3.39. The Hall–Kier alpha value is -3.31. The van der Waals surface area contributed by atoms with Gasteiger partial charge in [-0.25, -0.2) is 4.79 Å². The zero-order valence-corrected chi connectivity index (χ0v) is 16.4. The molecule has 0 aliphatic heterocycles. The first-order valence-corrected chi connectivity index (χ1v) is 9.49. The maximum atomic E-state index is 12.2. The Morgan fingerprint density at radius 3 is 2.34 bits per heavy atom. The highest BCUT2D eigenvalue weighted by Crippen LogP contribution is 2.22. The van der Waals surface area contributed by atoms with Crippen LogP contribution in [0.25, 0.3) is 0 Å². The molecule has 1 amide bonds. The number of hydrogen-bond acceptors (Lipinski definition) is 4. The standard InChI is InChI=1S/C23H20ClNO4/c24-19-11-9-17(10-12-19)13-14-25-22(26)16-28-23(27)18-5-4-8-21(15-18)29-20-6-2-1-3-7-20/h1-12,15H,13-14,16H2,(H,25,26). The number of benzene rings is 3. The highest BCUT2D eigenvalue weighted by atomic mass is 35.5. The lowest BCUT2D eigenvalue weighted by atomic mass is 10.1. The Morgan fingerprint density at radius 2 is 1.59 bits per heavy atom. The number of nitrogens with one attached hydrogen (secondary N) is 1. The van der Waals surface area contributed by atoms with Crippen LogP contribution in [0.15, 0.2) is 78.9 Å². The zero-order valence-electron chi connectivity index (χ0n) is 15.6. The summed E-state index contributed by atoms with van der Waals surface area (Å²) in [4.78, 5) is 24.1. The third-order valence-electron chi connectivity index (χ3n) is 4.03. The molecule has 0 aliphatic rings. The van der Waals surface area contributed by atoms with Gasteiger partial charge in [-0.3, -0.25) is 4.79 Å². The van der Waals surface area contributed by atoms with Crippen LogP contribution >= 0.6 is 11.6 Å². The summed E-state index contributed by atoms with van der Waals surface area (Å²) < 4.78 is 10.8. The molecule has 148 valence electrons. The summed E-state index contributed by atoms with van der Waals surface area (Å²) in [5.41, 5.74) is 1.37. The molecule has 0 unspecified atom stereocenters. The number of carbonyl (C=O) groups excluding carboxylic acids is 2. The van der Waals surface area contributed by atoms with Crippen LogP contribution in [0.5, 0.6) is 11.5 Å². The minimum Gasteiger partial charge on any atom is -0.457 e. The molecule has 0 radical (unpaired) electrons. The lowest BCUT2D eigenvalue weighted by Gasteiger charge is -2.09. The van der Waals surface area contributed by atoms with Gasteiger partial charge in [0, 0.05) is 11.6 Å². The van der Waals surface area contributed by atoms with Crippen LogP contribution in [0.1, 0.15) is 15.9 Å². The minimum absolute atomic E-state index is 0.312. The Morgan fingerprint density at radius 1 is 0.862 bits per heavy atom. The van der Waals surface area contributed by atoms with Crippen molar-refractivity contribution < 1.29 is 19.1 Å². The number of para-hydroxylation sites is 1. The number of amides is 1. The second-order valence-corrected chi connectivity index (χ2v) is 6.68. The zero-order chi connectivity index (χ0) is 20.5. The molecule has 3 aromatic carbocycles. The Labute approximate surface area is 174 Å². The Kier molecular flexibility index (Phi) is 7.25. The van der Waals surface area contributed by atoms with Crippen molar-refractivity contribution in [1.29, 1.82) is 0 Å². The average Bonchev–Trinajstić information content (AvgIpc) is 2.74. The lowest BCUT2D eigenvalue weighted by molar-refractivity contribution is -0.124. The van der Waals surface area contributed by atoms with Crippen molar-refractivity contribution in [2.75, 3.05) is 13.2 Å². The monoisotopic (exact) mass is 409 g/mol. The molecule has 0 heterocycles. The van der Waals surface area contributed by atoms with Crippen molar-refractivity contribution >= 4 is 23.5 Å². The van der Waals surface area contributed by atoms with Gasteiger partial charge in [-0.05, 0) is 54.4 Å². The number of hydrogen-bond donors (Lipinski definition) is 1. The van der Waals surface area contributed by atoms with Crippen LogP contribution in [0.2, 0.25) is 5.02 Å². The topological polar surface area (TPSA) is 64.6 Å². The third kappa shape index (κ3) is 6.66. The molecule has 0 spiro atoms. The molecule has 0 saturated heterocycles. The van der Waals surface area contributed by atoms with Gasteiger partial charge < -0.3 is 14.8 Å². The molecule has 3 rings (SSSR count). The van der Waals surface area contributed by atoms with E-state index in [-0.39, 0.29) is 12.5 Å². The van der Waals surface area contributed by atoms with E-state index >= 15 is 0 Å². The number of halogens is 1. The molecular weight excluding hydrogens is 390 g/mol. The van der Waals surface area contributed by atoms with Gasteiger partial charge in [-0.1, -0.05) is 48.0 Å². The fourth-order valence-electron chi connectivity index (χ4n) is 2.57. The minimum atomic E-state index is -0.587. The van der Waals surface area contributed by atoms with Crippen molar-refractivity contribution in [1.82, 2.24) is 5.32 Å². The Bertz CT molecular complexity index is 958. The first-order chi connectivity index (χ1) is 14.1. The third-order valence-corrected chi connectivity index (χ3v) is 4.28. The van der Waals surface area contributed by atoms with Crippen molar-refractivity contribution in [3.63, 3.8) is 0 Å². The predicted molar refractivity (Wildman–Crippen MR) is 111 cm³/mol. The van der Waals surface area contributed by atoms with Crippen LogP contribution in [0.4, 0.5) is 0 Å². The normalized spacial score (nSPS) is 10.2. The first kappa shape index (κ1) is 20.4. The quantitative estimate of drug-likeness (QED) is 0.550. The molecule has 0 fully saturated rings. The second kappa shape index (κ2) is 10.3. The smallest absolute Gasteiger partial charge is 0.338 e. The molecule has 0 atom stereocenters. The molecule has 29 heavy (non-hydrogen) atoms. The van der Waals surface area contributed by atoms with E-state index in [9.17, 15) is 9.59 Å². The van der Waals surface area contributed by atoms with Gasteiger partial charge in [0.1, 0.15) is 11.5 Å². The van der Waals surface area contributed by atoms with E-state index in [0.717, 1.165) is 5.56 Å². The largest absolute Gasteiger partial charge is 0.457 e. The van der Waals surface area contributed by atoms with Crippen molar-refractivity contribution in [2.24, 2.45) is 0 Å². The summed E-state index contributed by atoms with van der Waals surface area (Å²) in [7, 11) is 0. The number of ether oxygens (including phenoxy) is 2. The van der Waals surface area contributed by atoms with Crippen LogP contribution in [-0.2, 0) is 16.0 Å². The van der Waals surface area contributed by atoms with Crippen LogP contribution in [-0.4, -0.2) is 25.0 Å². The molecule has 0 bridgehead atoms. The summed E-state index contributed by atoms with van der Waals surface area (Å²) in [5.74, 6) is 0.233. The lowest BCUT2D eigenvalue weighted by Crippen LogP contribution is -2.30. The average molecular weight is 410 g/mol. The van der Waals surface area contributed by atoms with E-state index in [2.05, 4.69) is 5.32 Å². The molecule has 0 aromatic heterocycles. The molecule has 0 aliphatic carbocycles. The number of esters is 1. The van der Waals surface area contributed by atoms with E-state index < -0.39 is 5.97 Å². The van der Waals surface area contributed by atoms with E-state index in [1.807, 2.05) is 42.5 Å². The maximum Gasteiger partial charge on any atom is 0.338 e. The summed E-state index contributed by atoms with van der Waals surface area (Å²) in [6, 6.07) is 23.3.